The summed E-state index contributed by atoms with van der Waals surface area (Å²) in [5.41, 5.74) is 2.85. The van der Waals surface area contributed by atoms with E-state index in [4.69, 9.17) is 13.5 Å². The maximum atomic E-state index is 8.19. The first-order chi connectivity index (χ1) is 16.6. The third-order valence-electron chi connectivity index (χ3n) is 6.15. The average Bonchev–Trinajstić information content (AvgIpc) is 3.19. The molecule has 0 spiro atoms. The topological polar surface area (TPSA) is 38.9 Å². The second-order valence-electron chi connectivity index (χ2n) is 9.34. The van der Waals surface area contributed by atoms with Crippen LogP contribution in [0.1, 0.15) is 36.1 Å². The first-order valence-electron chi connectivity index (χ1n) is 12.3. The molecular weight excluding hydrogens is 392 g/mol. The summed E-state index contributed by atoms with van der Waals surface area (Å²) in [6, 6.07) is 21.8. The Morgan fingerprint density at radius 3 is 2.53 bits per heavy atom. The van der Waals surface area contributed by atoms with Gasteiger partial charge in [-0.3, -0.25) is 0 Å². The predicted molar refractivity (Wildman–Crippen MR) is 133 cm³/mol. The van der Waals surface area contributed by atoms with Crippen LogP contribution in [0.2, 0.25) is 0 Å². The molecule has 0 amide bonds. The molecule has 6 rings (SSSR count). The van der Waals surface area contributed by atoms with Gasteiger partial charge in [0.25, 0.3) is 0 Å². The van der Waals surface area contributed by atoms with Gasteiger partial charge in [0.1, 0.15) is 11.2 Å². The normalized spacial score (nSPS) is 14.2. The number of benzene rings is 4. The Hall–Kier alpha value is -3.72. The van der Waals surface area contributed by atoms with Gasteiger partial charge in [0.15, 0.2) is 5.82 Å². The van der Waals surface area contributed by atoms with Gasteiger partial charge in [-0.05, 0) is 58.2 Å². The van der Waals surface area contributed by atoms with E-state index in [9.17, 15) is 0 Å². The Balaban J connectivity index is 1.72. The molecule has 0 aliphatic carbocycles. The van der Waals surface area contributed by atoms with Crippen LogP contribution in [0, 0.1) is 6.85 Å². The Morgan fingerprint density at radius 2 is 1.69 bits per heavy atom. The maximum absolute atomic E-state index is 8.19. The van der Waals surface area contributed by atoms with Gasteiger partial charge in [-0.2, -0.15) is 0 Å². The zero-order valence-corrected chi connectivity index (χ0v) is 18.2. The van der Waals surface area contributed by atoms with Gasteiger partial charge in [0, 0.05) is 32.2 Å². The second kappa shape index (κ2) is 6.64. The molecule has 0 saturated heterocycles. The lowest BCUT2D eigenvalue weighted by molar-refractivity contribution is 0.567. The minimum Gasteiger partial charge on any atom is -0.455 e. The van der Waals surface area contributed by atoms with Gasteiger partial charge in [-0.25, -0.2) is 9.97 Å². The van der Waals surface area contributed by atoms with Crippen molar-refractivity contribution in [2.75, 3.05) is 0 Å². The smallest absolute Gasteiger partial charge is 0.163 e. The molecular formula is C29H24N2O. The number of rotatable bonds is 1. The van der Waals surface area contributed by atoms with Crippen LogP contribution in [-0.2, 0) is 5.41 Å². The fourth-order valence-corrected chi connectivity index (χ4v) is 4.46. The zero-order chi connectivity index (χ0) is 24.5. The number of aryl methyl sites for hydroxylation is 1. The van der Waals surface area contributed by atoms with Crippen molar-refractivity contribution in [3.63, 3.8) is 0 Å². The molecule has 32 heavy (non-hydrogen) atoms. The molecule has 0 aliphatic heterocycles. The van der Waals surface area contributed by atoms with Gasteiger partial charge in [0.05, 0.1) is 5.56 Å². The molecule has 2 heterocycles. The van der Waals surface area contributed by atoms with Crippen molar-refractivity contribution in [1.82, 2.24) is 9.97 Å². The van der Waals surface area contributed by atoms with Crippen LogP contribution < -0.4 is 0 Å². The molecule has 3 nitrogen and oxygen atoms in total. The number of nitrogens with zero attached hydrogens (tertiary/aromatic N) is 2. The minimum absolute atomic E-state index is 0.151. The van der Waals surface area contributed by atoms with Gasteiger partial charge in [-0.15, -0.1) is 0 Å². The molecule has 0 unspecified atom stereocenters. The summed E-state index contributed by atoms with van der Waals surface area (Å²) in [4.78, 5) is 9.33. The van der Waals surface area contributed by atoms with Gasteiger partial charge >= 0.3 is 0 Å². The van der Waals surface area contributed by atoms with E-state index < -0.39 is 6.85 Å². The Bertz CT molecular complexity index is 1780. The first kappa shape index (κ1) is 16.0. The third-order valence-corrected chi connectivity index (χ3v) is 6.15. The minimum atomic E-state index is -2.29. The summed E-state index contributed by atoms with van der Waals surface area (Å²) in [6.45, 7) is 4.01. The molecule has 0 aliphatic rings. The van der Waals surface area contributed by atoms with Crippen LogP contribution in [0.5, 0.6) is 0 Å². The number of aromatic nitrogens is 2. The maximum Gasteiger partial charge on any atom is 0.163 e. The number of furan rings is 1. The molecule has 0 N–H and O–H groups in total. The molecule has 6 aromatic rings. The van der Waals surface area contributed by atoms with E-state index in [0.717, 1.165) is 32.6 Å². The highest BCUT2D eigenvalue weighted by Gasteiger charge is 2.20. The molecule has 0 saturated carbocycles. The highest BCUT2D eigenvalue weighted by molar-refractivity contribution is 6.18. The summed E-state index contributed by atoms with van der Waals surface area (Å²) >= 11 is 0. The lowest BCUT2D eigenvalue weighted by Crippen LogP contribution is -2.14. The van der Waals surface area contributed by atoms with Crippen molar-refractivity contribution < 1.29 is 8.53 Å². The van der Waals surface area contributed by atoms with Gasteiger partial charge in [0.2, 0.25) is 0 Å². The van der Waals surface area contributed by atoms with Crippen molar-refractivity contribution in [2.24, 2.45) is 0 Å². The molecule has 156 valence electrons. The molecule has 0 radical (unpaired) electrons. The summed E-state index contributed by atoms with van der Waals surface area (Å²) in [6.07, 6.45) is 1.75. The highest BCUT2D eigenvalue weighted by Crippen LogP contribution is 2.40. The predicted octanol–water partition coefficient (Wildman–Crippen LogP) is 7.96. The largest absolute Gasteiger partial charge is 0.455 e. The van der Waals surface area contributed by atoms with Crippen LogP contribution >= 0.6 is 0 Å². The number of hydrogen-bond acceptors (Lipinski definition) is 3. The van der Waals surface area contributed by atoms with Crippen LogP contribution in [0.25, 0.3) is 54.9 Å². The van der Waals surface area contributed by atoms with E-state index in [1.54, 1.807) is 18.3 Å². The van der Waals surface area contributed by atoms with E-state index in [2.05, 4.69) is 50.0 Å². The standard InChI is InChI=1S/C29H24N2O/c1-17-9-12-21(28-30-14-13-25(31-28)29(2,3)4)27-26(17)23-15-19-11-10-18-7-5-6-8-20(18)22(19)16-24(23)32-27/h5-16H,1-4H3/i1D3. The van der Waals surface area contributed by atoms with Crippen molar-refractivity contribution in [3.8, 4) is 11.4 Å². The van der Waals surface area contributed by atoms with E-state index in [0.29, 0.717) is 27.9 Å². The van der Waals surface area contributed by atoms with E-state index in [1.807, 2.05) is 30.3 Å². The summed E-state index contributed by atoms with van der Waals surface area (Å²) in [5, 5.41) is 5.75. The molecule has 0 atom stereocenters. The Labute approximate surface area is 190 Å². The van der Waals surface area contributed by atoms with Crippen LogP contribution in [-0.4, -0.2) is 9.97 Å². The van der Waals surface area contributed by atoms with E-state index >= 15 is 0 Å². The summed E-state index contributed by atoms with van der Waals surface area (Å²) < 4.78 is 31.0. The fourth-order valence-electron chi connectivity index (χ4n) is 4.46. The Kier molecular flexibility index (Phi) is 3.32. The SMILES string of the molecule is [2H]C([2H])([2H])c1ccc(-c2nccc(C(C)(C)C)n2)c2oc3cc4c(ccc5ccccc54)cc3c12. The van der Waals surface area contributed by atoms with Gasteiger partial charge < -0.3 is 4.42 Å². The summed E-state index contributed by atoms with van der Waals surface area (Å²) in [7, 11) is 0. The van der Waals surface area contributed by atoms with Gasteiger partial charge in [-0.1, -0.05) is 63.2 Å². The van der Waals surface area contributed by atoms with Crippen LogP contribution in [0.4, 0.5) is 0 Å². The monoisotopic (exact) mass is 419 g/mol. The quantitative estimate of drug-likeness (QED) is 0.254. The average molecular weight is 420 g/mol. The molecule has 0 fully saturated rings. The number of fused-ring (bicyclic) bond motifs is 6. The molecule has 0 bridgehead atoms. The van der Waals surface area contributed by atoms with Crippen molar-refractivity contribution in [1.29, 1.82) is 0 Å². The zero-order valence-electron chi connectivity index (χ0n) is 21.2. The molecule has 3 heteroatoms. The van der Waals surface area contributed by atoms with E-state index in [1.165, 1.54) is 0 Å². The van der Waals surface area contributed by atoms with Crippen molar-refractivity contribution in [3.05, 3.63) is 84.2 Å². The molecule has 2 aromatic heterocycles. The second-order valence-corrected chi connectivity index (χ2v) is 9.34. The van der Waals surface area contributed by atoms with E-state index in [-0.39, 0.29) is 11.0 Å². The van der Waals surface area contributed by atoms with Crippen molar-refractivity contribution >= 4 is 43.5 Å². The first-order valence-corrected chi connectivity index (χ1v) is 10.8. The summed E-state index contributed by atoms with van der Waals surface area (Å²) in [5.74, 6) is 0.522. The Morgan fingerprint density at radius 1 is 0.844 bits per heavy atom. The molecule has 4 aromatic carbocycles. The fraction of sp³-hybridized carbons (Fsp3) is 0.172. The van der Waals surface area contributed by atoms with Crippen molar-refractivity contribution in [2.45, 2.75) is 33.0 Å². The van der Waals surface area contributed by atoms with Crippen LogP contribution in [0.3, 0.4) is 0 Å². The number of hydrogen-bond donors (Lipinski definition) is 0. The van der Waals surface area contributed by atoms with Crippen LogP contribution in [0.15, 0.2) is 77.3 Å². The highest BCUT2D eigenvalue weighted by atomic mass is 16.3. The lowest BCUT2D eigenvalue weighted by Gasteiger charge is -2.17. The third kappa shape index (κ3) is 2.81. The lowest BCUT2D eigenvalue weighted by atomic mass is 9.92.